The van der Waals surface area contributed by atoms with E-state index in [1.807, 2.05) is 0 Å². The van der Waals surface area contributed by atoms with Gasteiger partial charge in [0.15, 0.2) is 17.4 Å². The number of ether oxygens (including phenoxy) is 3. The van der Waals surface area contributed by atoms with Crippen molar-refractivity contribution in [3.8, 4) is 11.6 Å². The first-order chi connectivity index (χ1) is 19.3. The van der Waals surface area contributed by atoms with Crippen molar-refractivity contribution in [2.45, 2.75) is 70.1 Å². The number of nitrogen functional groups attached to an aromatic ring is 1. The SMILES string of the molecule is CCOc1nc(N)nc2c1ncn2[C@@H]1O[C@H](CO[P@](=O)(N[C@H](C)C(=O)OC(C)C)Oc2ccccc2)[C@@H](O)[C@@]1(C)Cl. The fourth-order valence-corrected chi connectivity index (χ4v) is 5.97. The summed E-state index contributed by atoms with van der Waals surface area (Å²) in [5.41, 5.74) is 6.49. The lowest BCUT2D eigenvalue weighted by molar-refractivity contribution is -0.149. The van der Waals surface area contributed by atoms with Crippen molar-refractivity contribution in [1.82, 2.24) is 24.6 Å². The van der Waals surface area contributed by atoms with Gasteiger partial charge in [-0.25, -0.2) is 9.55 Å². The molecule has 2 aromatic heterocycles. The molecule has 4 rings (SSSR count). The Morgan fingerprint density at radius 3 is 2.66 bits per heavy atom. The van der Waals surface area contributed by atoms with Crippen LogP contribution in [0.15, 0.2) is 36.7 Å². The third kappa shape index (κ3) is 6.91. The minimum Gasteiger partial charge on any atom is -0.476 e. The summed E-state index contributed by atoms with van der Waals surface area (Å²) in [5, 5.41) is 13.7. The van der Waals surface area contributed by atoms with Gasteiger partial charge in [0.25, 0.3) is 0 Å². The second kappa shape index (κ2) is 12.5. The quantitative estimate of drug-likeness (QED) is 0.154. The summed E-state index contributed by atoms with van der Waals surface area (Å²) < 4.78 is 43.6. The molecule has 1 aliphatic rings. The predicted molar refractivity (Wildman–Crippen MR) is 150 cm³/mol. The van der Waals surface area contributed by atoms with Gasteiger partial charge in [-0.15, -0.1) is 11.6 Å². The zero-order chi connectivity index (χ0) is 29.9. The van der Waals surface area contributed by atoms with E-state index < -0.39 is 49.7 Å². The van der Waals surface area contributed by atoms with Gasteiger partial charge in [-0.3, -0.25) is 13.9 Å². The van der Waals surface area contributed by atoms with E-state index in [1.54, 1.807) is 58.0 Å². The molecule has 0 amide bonds. The highest BCUT2D eigenvalue weighted by atomic mass is 35.5. The number of halogens is 1. The number of anilines is 1. The smallest absolute Gasteiger partial charge is 0.459 e. The number of fused-ring (bicyclic) bond motifs is 1. The lowest BCUT2D eigenvalue weighted by Crippen LogP contribution is -2.40. The number of rotatable bonds is 12. The monoisotopic (exact) mass is 612 g/mol. The molecule has 6 atom stereocenters. The Balaban J connectivity index is 1.56. The highest BCUT2D eigenvalue weighted by Gasteiger charge is 2.54. The first kappa shape index (κ1) is 30.9. The molecule has 0 bridgehead atoms. The van der Waals surface area contributed by atoms with Crippen molar-refractivity contribution in [2.75, 3.05) is 18.9 Å². The number of carbonyl (C=O) groups is 1. The molecule has 1 fully saturated rings. The van der Waals surface area contributed by atoms with Gasteiger partial charge in [-0.1, -0.05) is 18.2 Å². The molecule has 0 spiro atoms. The third-order valence-corrected chi connectivity index (χ3v) is 8.15. The fourth-order valence-electron chi connectivity index (χ4n) is 4.17. The van der Waals surface area contributed by atoms with Crippen LogP contribution in [0.1, 0.15) is 40.8 Å². The summed E-state index contributed by atoms with van der Waals surface area (Å²) >= 11 is 6.80. The molecule has 0 aliphatic carbocycles. The number of imidazole rings is 1. The molecule has 41 heavy (non-hydrogen) atoms. The highest BCUT2D eigenvalue weighted by Crippen LogP contribution is 2.48. The van der Waals surface area contributed by atoms with Crippen LogP contribution in [0.5, 0.6) is 11.6 Å². The topological polar surface area (TPSA) is 182 Å². The zero-order valence-corrected chi connectivity index (χ0v) is 24.9. The van der Waals surface area contributed by atoms with Crippen LogP contribution in [0.3, 0.4) is 0 Å². The Morgan fingerprint density at radius 2 is 2.00 bits per heavy atom. The lowest BCUT2D eigenvalue weighted by atomic mass is 10.0. The number of nitrogens with zero attached hydrogens (tertiary/aromatic N) is 4. The first-order valence-electron chi connectivity index (χ1n) is 13.0. The number of aliphatic hydroxyl groups is 1. The molecule has 0 saturated carbocycles. The highest BCUT2D eigenvalue weighted by molar-refractivity contribution is 7.52. The summed E-state index contributed by atoms with van der Waals surface area (Å²) in [7, 11) is -4.21. The van der Waals surface area contributed by atoms with Crippen LogP contribution in [-0.4, -0.2) is 73.0 Å². The van der Waals surface area contributed by atoms with Crippen LogP contribution in [-0.2, 0) is 23.4 Å². The predicted octanol–water partition coefficient (Wildman–Crippen LogP) is 3.20. The average molecular weight is 613 g/mol. The average Bonchev–Trinajstić information content (AvgIpc) is 3.41. The molecule has 1 aromatic carbocycles. The van der Waals surface area contributed by atoms with Crippen LogP contribution in [0, 0.1) is 0 Å². The summed E-state index contributed by atoms with van der Waals surface area (Å²) in [6.07, 6.45) is -2.32. The molecule has 3 aromatic rings. The minimum absolute atomic E-state index is 0.0485. The number of esters is 1. The maximum Gasteiger partial charge on any atom is 0.459 e. The van der Waals surface area contributed by atoms with Crippen molar-refractivity contribution >= 4 is 42.4 Å². The molecule has 0 radical (unpaired) electrons. The summed E-state index contributed by atoms with van der Waals surface area (Å²) in [6, 6.07) is 7.24. The fraction of sp³-hybridized carbons (Fsp3) is 0.520. The molecule has 3 heterocycles. The van der Waals surface area contributed by atoms with Gasteiger partial charge in [0.05, 0.1) is 25.6 Å². The van der Waals surface area contributed by atoms with Gasteiger partial charge in [0.2, 0.25) is 11.8 Å². The van der Waals surface area contributed by atoms with E-state index in [9.17, 15) is 14.5 Å². The number of nitrogens with one attached hydrogen (secondary N) is 1. The summed E-state index contributed by atoms with van der Waals surface area (Å²) in [4.78, 5) is 23.7. The van der Waals surface area contributed by atoms with Crippen LogP contribution >= 0.6 is 19.3 Å². The van der Waals surface area contributed by atoms with E-state index in [1.165, 1.54) is 17.8 Å². The van der Waals surface area contributed by atoms with Crippen molar-refractivity contribution < 1.29 is 37.7 Å². The maximum atomic E-state index is 13.8. The van der Waals surface area contributed by atoms with Crippen molar-refractivity contribution in [3.63, 3.8) is 0 Å². The molecule has 16 heteroatoms. The van der Waals surface area contributed by atoms with Gasteiger partial charge in [-0.2, -0.15) is 15.1 Å². The first-order valence-corrected chi connectivity index (χ1v) is 14.9. The maximum absolute atomic E-state index is 13.8. The number of aliphatic hydroxyl groups excluding tert-OH is 1. The number of hydrogen-bond donors (Lipinski definition) is 3. The molecule has 224 valence electrons. The summed E-state index contributed by atoms with van der Waals surface area (Å²) in [6.45, 7) is 8.14. The van der Waals surface area contributed by atoms with Gasteiger partial charge >= 0.3 is 13.7 Å². The van der Waals surface area contributed by atoms with Crippen molar-refractivity contribution in [2.24, 2.45) is 0 Å². The zero-order valence-electron chi connectivity index (χ0n) is 23.3. The normalized spacial score (nSPS) is 24.7. The number of nitrogens with two attached hydrogens (primary N) is 1. The number of hydrogen-bond acceptors (Lipinski definition) is 12. The second-order valence-corrected chi connectivity index (χ2v) is 12.3. The molecule has 1 saturated heterocycles. The number of para-hydroxylation sites is 1. The van der Waals surface area contributed by atoms with Crippen molar-refractivity contribution in [3.05, 3.63) is 36.7 Å². The Morgan fingerprint density at radius 1 is 1.29 bits per heavy atom. The van der Waals surface area contributed by atoms with Crippen LogP contribution < -0.4 is 20.1 Å². The molecule has 14 nitrogen and oxygen atoms in total. The van der Waals surface area contributed by atoms with Gasteiger partial charge in [0, 0.05) is 0 Å². The summed E-state index contributed by atoms with van der Waals surface area (Å²) in [5.74, 6) is -0.273. The van der Waals surface area contributed by atoms with Crippen LogP contribution in [0.2, 0.25) is 0 Å². The third-order valence-electron chi connectivity index (χ3n) is 6.09. The van der Waals surface area contributed by atoms with Gasteiger partial charge < -0.3 is 29.6 Å². The number of alkyl halides is 1. The Kier molecular flexibility index (Phi) is 9.42. The van der Waals surface area contributed by atoms with E-state index in [4.69, 9.17) is 40.6 Å². The number of carbonyl (C=O) groups excluding carboxylic acids is 1. The van der Waals surface area contributed by atoms with Crippen molar-refractivity contribution in [1.29, 1.82) is 0 Å². The minimum atomic E-state index is -4.21. The van der Waals surface area contributed by atoms with E-state index in [2.05, 4.69) is 20.0 Å². The Bertz CT molecular complexity index is 1410. The molecule has 4 N–H and O–H groups in total. The Labute approximate surface area is 242 Å². The second-order valence-electron chi connectivity index (χ2n) is 9.80. The van der Waals surface area contributed by atoms with Crippen LogP contribution in [0.25, 0.3) is 11.2 Å². The van der Waals surface area contributed by atoms with E-state index in [0.717, 1.165) is 0 Å². The van der Waals surface area contributed by atoms with Gasteiger partial charge in [0.1, 0.15) is 28.9 Å². The van der Waals surface area contributed by atoms with Crippen LogP contribution in [0.4, 0.5) is 5.95 Å². The molecular weight excluding hydrogens is 579 g/mol. The molecule has 0 unspecified atom stereocenters. The van der Waals surface area contributed by atoms with Gasteiger partial charge in [-0.05, 0) is 46.8 Å². The van der Waals surface area contributed by atoms with E-state index in [-0.39, 0.29) is 29.3 Å². The number of aromatic nitrogens is 4. The van der Waals surface area contributed by atoms with E-state index in [0.29, 0.717) is 12.1 Å². The lowest BCUT2D eigenvalue weighted by Gasteiger charge is -2.26. The molecule has 1 aliphatic heterocycles. The number of benzene rings is 1. The molecular formula is C25H34ClN6O8P. The standard InChI is InChI=1S/C25H34ClN6O8P/c1-6-36-21-18-20(29-24(27)30-21)32(13-28-18)23-25(5,26)19(33)17(39-23)12-37-41(35,40-16-10-8-7-9-11-16)31-15(4)22(34)38-14(2)3/h7-11,13-15,17,19,23,33H,6,12H2,1-5H3,(H,31,35)(H2,27,29,30)/t15-,17-,19-,23-,25-,41-/m1/s1. The largest absolute Gasteiger partial charge is 0.476 e. The Hall–Kier alpha value is -3.00. The van der Waals surface area contributed by atoms with E-state index >= 15 is 0 Å².